The highest BCUT2D eigenvalue weighted by Crippen LogP contribution is 2.58. The van der Waals surface area contributed by atoms with E-state index >= 15 is 4.79 Å². The molecule has 2 aliphatic heterocycles. The van der Waals surface area contributed by atoms with Crippen LogP contribution in [0.25, 0.3) is 10.8 Å². The summed E-state index contributed by atoms with van der Waals surface area (Å²) in [4.78, 5) is 21.2. The largest absolute Gasteiger partial charge is 0.508 e. The van der Waals surface area contributed by atoms with Crippen LogP contribution in [0.3, 0.4) is 0 Å². The van der Waals surface area contributed by atoms with Gasteiger partial charge in [-0.25, -0.2) is 0 Å². The first kappa shape index (κ1) is 67.7. The van der Waals surface area contributed by atoms with E-state index in [0.717, 1.165) is 119 Å². The summed E-state index contributed by atoms with van der Waals surface area (Å²) in [7, 11) is 10.1. The standard InChI is InChI=1S/C76H92N2O11S4/c1-5-50-19-20-51-15-10-16-60-68(40-79)93-92-43-56-33-69(83)76(58-34-57(35-59(81)36-58)75(77-3)26-11-14-47(38-75)28-46-12-8-7-9-13-46,63-44-91-90-42-54-18-17-49(41-87-6-2)30-66(54)89-67-32-53(63)22-24-65(67)88-45-80)74(85)71(56)72(84)55(29-48-25-27-78-39-48)31-52-21-23-64(82)73(86-4)62(52)37-61(50)70(51)60/h7-10,12-13,15-16,19-25,27,32,34-36,39,47,49,54-56,63,66,68-69,71-72,77-84H,5-6,11,14,17-18,26,28-31,33,37-38,40-45H2,1-4H3/t47-,49+,54+,55+,56-,63-,66-,68-,69+,71+,72-,75+,76-/m0/s1. The van der Waals surface area contributed by atoms with Gasteiger partial charge in [0.2, 0.25) is 0 Å². The first-order valence-corrected chi connectivity index (χ1v) is 38.5. The van der Waals surface area contributed by atoms with Crippen molar-refractivity contribution in [1.29, 1.82) is 0 Å². The lowest BCUT2D eigenvalue weighted by atomic mass is 9.52. The second-order valence-corrected chi connectivity index (χ2v) is 31.9. The number of aryl methyl sites for hydroxylation is 1. The number of aromatic hydroxyl groups is 2. The molecule has 0 radical (unpaired) electrons. The topological polar surface area (TPSA) is 203 Å². The van der Waals surface area contributed by atoms with E-state index in [1.54, 1.807) is 62.4 Å². The first-order valence-electron chi connectivity index (χ1n) is 33.6. The van der Waals surface area contributed by atoms with Crippen LogP contribution in [0.4, 0.5) is 0 Å². The van der Waals surface area contributed by atoms with Crippen molar-refractivity contribution >= 4 is 59.7 Å². The van der Waals surface area contributed by atoms with Crippen molar-refractivity contribution in [1.82, 2.24) is 10.3 Å². The Morgan fingerprint density at radius 1 is 0.796 bits per heavy atom. The minimum atomic E-state index is -1.80. The highest BCUT2D eigenvalue weighted by atomic mass is 33.1. The number of ether oxygens (including phenoxy) is 4. The molecule has 3 aliphatic carbocycles. The van der Waals surface area contributed by atoms with Crippen molar-refractivity contribution in [3.05, 3.63) is 183 Å². The number of hydrogen-bond acceptors (Lipinski definition) is 16. The summed E-state index contributed by atoms with van der Waals surface area (Å²) in [5.41, 5.74) is 6.67. The fourth-order valence-electron chi connectivity index (χ4n) is 16.9. The maximum absolute atomic E-state index is 18.0. The molecule has 5 aliphatic rings. The molecule has 0 amide bonds. The number of aliphatic hydroxyl groups is 4. The van der Waals surface area contributed by atoms with Gasteiger partial charge in [-0.15, -0.1) is 0 Å². The van der Waals surface area contributed by atoms with Crippen LogP contribution in [0.5, 0.6) is 28.7 Å². The van der Waals surface area contributed by atoms with Crippen LogP contribution in [-0.2, 0) is 52.6 Å². The molecule has 93 heavy (non-hydrogen) atoms. The number of aromatic nitrogens is 1. The number of aliphatic hydroxyl groups excluding tert-OH is 4. The molecule has 12 rings (SSSR count). The van der Waals surface area contributed by atoms with Crippen LogP contribution in [0, 0.1) is 35.5 Å². The number of hydrogen-bond donors (Lipinski definition) is 8. The quantitative estimate of drug-likeness (QED) is 0.0335. The molecule has 13 atom stereocenters. The van der Waals surface area contributed by atoms with Gasteiger partial charge in [0, 0.05) is 78.1 Å². The number of nitrogens with one attached hydrogen (secondary N) is 2. The van der Waals surface area contributed by atoms with Crippen molar-refractivity contribution in [3.63, 3.8) is 0 Å². The predicted octanol–water partition coefficient (Wildman–Crippen LogP) is 14.0. The smallest absolute Gasteiger partial charge is 0.186 e. The number of aromatic amines is 1. The molecule has 1 aromatic heterocycles. The van der Waals surface area contributed by atoms with Crippen LogP contribution in [0.1, 0.15) is 132 Å². The average Bonchev–Trinajstić information content (AvgIpc) is 0.910. The third kappa shape index (κ3) is 14.0. The fourth-order valence-corrected chi connectivity index (χ4v) is 22.6. The molecule has 0 unspecified atom stereocenters. The zero-order valence-corrected chi connectivity index (χ0v) is 57.2. The number of benzene rings is 6. The van der Waals surface area contributed by atoms with E-state index in [2.05, 4.69) is 71.8 Å². The van der Waals surface area contributed by atoms with Crippen LogP contribution in [0.15, 0.2) is 128 Å². The number of phenols is 2. The van der Waals surface area contributed by atoms with Crippen LogP contribution >= 0.6 is 43.2 Å². The molecule has 7 aromatic rings. The summed E-state index contributed by atoms with van der Waals surface area (Å²) in [5, 5.41) is 80.2. The molecule has 0 spiro atoms. The van der Waals surface area contributed by atoms with Gasteiger partial charge in [0.25, 0.3) is 0 Å². The second kappa shape index (κ2) is 30.4. The number of methoxy groups -OCH3 is 1. The van der Waals surface area contributed by atoms with E-state index in [4.69, 9.17) is 18.9 Å². The van der Waals surface area contributed by atoms with E-state index in [-0.39, 0.29) is 42.3 Å². The molecule has 8 N–H and O–H groups in total. The average molecular weight is 1340 g/mol. The van der Waals surface area contributed by atoms with Gasteiger partial charge in [0.05, 0.1) is 36.6 Å². The van der Waals surface area contributed by atoms with Gasteiger partial charge >= 0.3 is 0 Å². The molecule has 6 aromatic carbocycles. The van der Waals surface area contributed by atoms with E-state index in [9.17, 15) is 30.6 Å². The maximum Gasteiger partial charge on any atom is 0.186 e. The van der Waals surface area contributed by atoms with Gasteiger partial charge in [-0.05, 0) is 206 Å². The van der Waals surface area contributed by atoms with Crippen molar-refractivity contribution in [2.45, 2.75) is 138 Å². The lowest BCUT2D eigenvalue weighted by molar-refractivity contribution is -0.150. The number of H-pyrrole nitrogens is 1. The number of phenolic OH excluding ortho intramolecular Hbond substituents is 2. The third-order valence-corrected chi connectivity index (χ3v) is 26.9. The summed E-state index contributed by atoms with van der Waals surface area (Å²) < 4.78 is 25.4. The molecule has 496 valence electrons. The molecule has 17 heteroatoms. The fraction of sp³-hybridized carbons (Fsp3) is 0.487. The minimum Gasteiger partial charge on any atom is -0.508 e. The Morgan fingerprint density at radius 2 is 1.62 bits per heavy atom. The van der Waals surface area contributed by atoms with Crippen molar-refractivity contribution in [2.75, 3.05) is 58.0 Å². The Hall–Kier alpha value is -5.31. The van der Waals surface area contributed by atoms with Gasteiger partial charge in [-0.3, -0.25) is 4.79 Å². The Morgan fingerprint density at radius 3 is 2.40 bits per heavy atom. The SMILES string of the molecule is CCOC[C@@H]1CC[C@@H]2CSSC[C@H]([C@]3(c4cc(O)cc([C@@]5(NC)CCC[C@@H](Cc6ccccc6)C5)c4)C(=O)[C@@H]4[C@H](CSS[C@@H](CO)c5cccc6ccc(CC)c(c56)Cc5c(ccc(O)c5OC)C[C@@H](Cc5cc[nH]c5)[C@@H]4O)C[C@H]3O)c3ccc(OCO)c(c3)O[C@H]2C1. The lowest BCUT2D eigenvalue weighted by Gasteiger charge is -2.53. The van der Waals surface area contributed by atoms with Crippen LogP contribution < -0.4 is 19.5 Å². The molecular formula is C76H92N2O11S4. The Labute approximate surface area is 564 Å². The third-order valence-electron chi connectivity index (χ3n) is 21.6. The monoisotopic (exact) mass is 1340 g/mol. The Bertz CT molecular complexity index is 3670. The normalized spacial score (nSPS) is 28.7. The second-order valence-electron chi connectivity index (χ2n) is 26.7. The number of rotatable bonds is 16. The van der Waals surface area contributed by atoms with Crippen molar-refractivity contribution in [2.24, 2.45) is 35.5 Å². The zero-order valence-electron chi connectivity index (χ0n) is 54.0. The summed E-state index contributed by atoms with van der Waals surface area (Å²) in [6.45, 7) is 4.67. The van der Waals surface area contributed by atoms with Gasteiger partial charge in [-0.1, -0.05) is 135 Å². The van der Waals surface area contributed by atoms with Crippen LogP contribution in [-0.4, -0.2) is 118 Å². The molecular weight excluding hydrogens is 1250 g/mol. The summed E-state index contributed by atoms with van der Waals surface area (Å²) in [5.74, 6) is 0.0529. The summed E-state index contributed by atoms with van der Waals surface area (Å²) in [6, 6.07) is 38.2. The number of fused-ring (bicyclic) bond motifs is 5. The van der Waals surface area contributed by atoms with Gasteiger partial charge in [0.1, 0.15) is 11.9 Å². The maximum atomic E-state index is 18.0. The van der Waals surface area contributed by atoms with Crippen molar-refractivity contribution < 1.29 is 54.4 Å². The van der Waals surface area contributed by atoms with Gasteiger partial charge in [0.15, 0.2) is 35.6 Å². The van der Waals surface area contributed by atoms with E-state index in [1.165, 1.54) is 5.56 Å². The number of carbonyl (C=O) groups is 1. The molecule has 13 nitrogen and oxygen atoms in total. The highest BCUT2D eigenvalue weighted by molar-refractivity contribution is 8.77. The number of ketones is 1. The number of Topliss-reactive ketones (excluding diaryl/α,β-unsaturated/α-hetero) is 1. The summed E-state index contributed by atoms with van der Waals surface area (Å²) >= 11 is 0. The number of carbonyl (C=O) groups excluding carboxylic acids is 1. The first-order chi connectivity index (χ1) is 45.3. The predicted molar refractivity (Wildman–Crippen MR) is 377 cm³/mol. The molecule has 3 saturated carbocycles. The summed E-state index contributed by atoms with van der Waals surface area (Å²) in [6.07, 6.45) is 10.0. The van der Waals surface area contributed by atoms with Gasteiger partial charge < -0.3 is 59.9 Å². The molecule has 2 bridgehead atoms. The lowest BCUT2D eigenvalue weighted by Crippen LogP contribution is -2.62. The Balaban J connectivity index is 1.06. The van der Waals surface area contributed by atoms with E-state index in [1.807, 2.05) is 74.9 Å². The molecule has 0 saturated heterocycles. The molecule has 3 fully saturated rings. The molecule has 3 heterocycles. The highest BCUT2D eigenvalue weighted by Gasteiger charge is 2.62. The van der Waals surface area contributed by atoms with E-state index in [0.29, 0.717) is 78.6 Å². The zero-order chi connectivity index (χ0) is 64.8. The van der Waals surface area contributed by atoms with Crippen molar-refractivity contribution in [3.8, 4) is 28.7 Å². The van der Waals surface area contributed by atoms with E-state index < -0.39 is 58.9 Å². The van der Waals surface area contributed by atoms with Crippen LogP contribution in [0.2, 0.25) is 0 Å². The van der Waals surface area contributed by atoms with Gasteiger partial charge in [-0.2, -0.15) is 0 Å². The Kier molecular flexibility index (Phi) is 22.1. The minimum absolute atomic E-state index is 0.00569.